The summed E-state index contributed by atoms with van der Waals surface area (Å²) in [6.07, 6.45) is 6.07. The van der Waals surface area contributed by atoms with Gasteiger partial charge >= 0.3 is 0 Å². The molecule has 2 heterocycles. The van der Waals surface area contributed by atoms with Crippen LogP contribution in [0.15, 0.2) is 59.8 Å². The lowest BCUT2D eigenvalue weighted by molar-refractivity contribution is 0.591. The summed E-state index contributed by atoms with van der Waals surface area (Å²) in [4.78, 5) is 11.8. The Morgan fingerprint density at radius 3 is 2.57 bits per heavy atom. The van der Waals surface area contributed by atoms with Crippen LogP contribution in [0, 0.1) is 18.6 Å². The summed E-state index contributed by atoms with van der Waals surface area (Å²) in [6, 6.07) is 11.3. The first kappa shape index (κ1) is 24.7. The van der Waals surface area contributed by atoms with E-state index in [1.54, 1.807) is 24.7 Å². The van der Waals surface area contributed by atoms with Gasteiger partial charge in [-0.25, -0.2) is 13.8 Å². The van der Waals surface area contributed by atoms with E-state index in [0.29, 0.717) is 33.1 Å². The van der Waals surface area contributed by atoms with Gasteiger partial charge in [-0.15, -0.1) is 0 Å². The molecule has 1 N–H and O–H groups in total. The Labute approximate surface area is 206 Å². The molecule has 0 amide bonds. The van der Waals surface area contributed by atoms with Crippen LogP contribution in [0.3, 0.4) is 0 Å². The fraction of sp³-hybridized carbons (Fsp3) is 0.259. The highest BCUT2D eigenvalue weighted by molar-refractivity contribution is 7.84. The number of hydrogen-bond acceptors (Lipinski definition) is 5. The second-order valence-corrected chi connectivity index (χ2v) is 9.68. The van der Waals surface area contributed by atoms with Crippen molar-refractivity contribution >= 4 is 38.8 Å². The molecular formula is C27H28F2N4OS. The Kier molecular flexibility index (Phi) is 7.40. The second kappa shape index (κ2) is 10.5. The third kappa shape index (κ3) is 5.03. The summed E-state index contributed by atoms with van der Waals surface area (Å²) in [5.74, 6) is -1.42. The Hall–Kier alpha value is -3.39. The summed E-state index contributed by atoms with van der Waals surface area (Å²) >= 11 is 0. The average molecular weight is 495 g/mol. The van der Waals surface area contributed by atoms with E-state index in [2.05, 4.69) is 34.0 Å². The first-order valence-corrected chi connectivity index (χ1v) is 13.1. The van der Waals surface area contributed by atoms with E-state index in [0.717, 1.165) is 31.3 Å². The van der Waals surface area contributed by atoms with Gasteiger partial charge in [-0.05, 0) is 38.0 Å². The lowest BCUT2D eigenvalue weighted by Crippen LogP contribution is -2.23. The van der Waals surface area contributed by atoms with E-state index in [-0.39, 0.29) is 10.9 Å². The topological polar surface area (TPSA) is 58.1 Å². The highest BCUT2D eigenvalue weighted by Crippen LogP contribution is 2.38. The van der Waals surface area contributed by atoms with Crippen molar-refractivity contribution in [1.82, 2.24) is 9.97 Å². The maximum absolute atomic E-state index is 15.1. The number of hydrogen-bond donors (Lipinski definition) is 1. The molecular weight excluding hydrogens is 466 g/mol. The van der Waals surface area contributed by atoms with Crippen molar-refractivity contribution in [2.24, 2.45) is 0 Å². The minimum absolute atomic E-state index is 0.174. The maximum Gasteiger partial charge on any atom is 0.137 e. The van der Waals surface area contributed by atoms with Crippen molar-refractivity contribution in [2.45, 2.75) is 32.1 Å². The molecule has 0 radical (unpaired) electrons. The molecule has 4 aromatic rings. The Morgan fingerprint density at radius 2 is 1.86 bits per heavy atom. The predicted octanol–water partition coefficient (Wildman–Crippen LogP) is 6.60. The fourth-order valence-corrected chi connectivity index (χ4v) is 5.04. The molecule has 0 aliphatic heterocycles. The third-order valence-corrected chi connectivity index (χ3v) is 6.91. The van der Waals surface area contributed by atoms with Crippen molar-refractivity contribution in [2.75, 3.05) is 29.6 Å². The molecule has 0 saturated carbocycles. The molecule has 1 atom stereocenters. The molecule has 2 aromatic heterocycles. The van der Waals surface area contributed by atoms with Crippen LogP contribution >= 0.6 is 0 Å². The number of nitrogens with one attached hydrogen (secondary N) is 1. The number of aromatic nitrogens is 2. The molecule has 1 unspecified atom stereocenters. The predicted molar refractivity (Wildman–Crippen MR) is 140 cm³/mol. The maximum atomic E-state index is 15.1. The Bertz CT molecular complexity index is 1410. The van der Waals surface area contributed by atoms with Gasteiger partial charge in [0.15, 0.2) is 0 Å². The van der Waals surface area contributed by atoms with Crippen LogP contribution < -0.4 is 10.2 Å². The van der Waals surface area contributed by atoms with E-state index in [4.69, 9.17) is 0 Å². The third-order valence-electron chi connectivity index (χ3n) is 5.93. The number of nitrogens with zero attached hydrogens (tertiary/aromatic N) is 3. The Balaban J connectivity index is 1.93. The van der Waals surface area contributed by atoms with Gasteiger partial charge in [0.2, 0.25) is 0 Å². The monoisotopic (exact) mass is 494 g/mol. The van der Waals surface area contributed by atoms with Crippen LogP contribution in [-0.2, 0) is 10.8 Å². The van der Waals surface area contributed by atoms with Crippen LogP contribution in [0.25, 0.3) is 22.2 Å². The first-order valence-electron chi connectivity index (χ1n) is 11.5. The van der Waals surface area contributed by atoms with Crippen LogP contribution in [0.4, 0.5) is 25.8 Å². The van der Waals surface area contributed by atoms with Gasteiger partial charge in [0.1, 0.15) is 11.6 Å². The van der Waals surface area contributed by atoms with Crippen molar-refractivity contribution < 1.29 is 13.0 Å². The SMILES string of the molecule is CCCN(CC)c1cncc(Nc2c(C)c(-c3ccccc3S(C)=O)nc3cc(F)cc(F)c23)c1. The summed E-state index contributed by atoms with van der Waals surface area (Å²) in [6.45, 7) is 7.76. The molecule has 0 saturated heterocycles. The average Bonchev–Trinajstić information content (AvgIpc) is 2.84. The molecule has 0 spiro atoms. The first-order chi connectivity index (χ1) is 16.8. The zero-order valence-electron chi connectivity index (χ0n) is 20.2. The van der Waals surface area contributed by atoms with E-state index >= 15 is 4.39 Å². The van der Waals surface area contributed by atoms with Gasteiger partial charge in [-0.3, -0.25) is 9.19 Å². The summed E-state index contributed by atoms with van der Waals surface area (Å²) in [5.41, 5.74) is 4.11. The summed E-state index contributed by atoms with van der Waals surface area (Å²) in [7, 11) is -1.27. The standard InChI is InChI=1S/C27H28F2N4OS/c1-5-11-33(6-2)20-14-19(15-30-16-20)31-27-17(3)26(21-9-7-8-10-24(21)35(4)34)32-23-13-18(28)12-22(29)25(23)27/h7-10,12-16H,5-6,11H2,1-4H3,(H,31,32). The molecule has 35 heavy (non-hydrogen) atoms. The van der Waals surface area contributed by atoms with Crippen LogP contribution in [0.1, 0.15) is 25.8 Å². The summed E-state index contributed by atoms with van der Waals surface area (Å²) < 4.78 is 41.7. The number of fused-ring (bicyclic) bond motifs is 1. The lowest BCUT2D eigenvalue weighted by Gasteiger charge is -2.23. The van der Waals surface area contributed by atoms with E-state index in [1.165, 1.54) is 6.07 Å². The molecule has 0 aliphatic rings. The van der Waals surface area contributed by atoms with Gasteiger partial charge in [-0.2, -0.15) is 0 Å². The minimum Gasteiger partial charge on any atom is -0.371 e. The lowest BCUT2D eigenvalue weighted by atomic mass is 10.0. The number of halogens is 2. The molecule has 5 nitrogen and oxygen atoms in total. The van der Waals surface area contributed by atoms with Crippen molar-refractivity contribution in [3.63, 3.8) is 0 Å². The molecule has 182 valence electrons. The van der Waals surface area contributed by atoms with Crippen LogP contribution in [0.2, 0.25) is 0 Å². The number of anilines is 3. The van der Waals surface area contributed by atoms with Gasteiger partial charge < -0.3 is 10.2 Å². The smallest absolute Gasteiger partial charge is 0.137 e. The molecule has 0 bridgehead atoms. The molecule has 2 aromatic carbocycles. The van der Waals surface area contributed by atoms with E-state index in [9.17, 15) is 8.60 Å². The van der Waals surface area contributed by atoms with Crippen molar-refractivity contribution in [1.29, 1.82) is 0 Å². The minimum atomic E-state index is -1.27. The van der Waals surface area contributed by atoms with Crippen molar-refractivity contribution in [3.8, 4) is 11.3 Å². The van der Waals surface area contributed by atoms with Gasteiger partial charge in [0, 0.05) is 41.9 Å². The van der Waals surface area contributed by atoms with E-state index < -0.39 is 22.4 Å². The molecule has 8 heteroatoms. The van der Waals surface area contributed by atoms with Crippen LogP contribution in [-0.4, -0.2) is 33.5 Å². The second-order valence-electron chi connectivity index (χ2n) is 8.33. The number of rotatable bonds is 8. The zero-order valence-corrected chi connectivity index (χ0v) is 21.0. The normalized spacial score (nSPS) is 12.1. The van der Waals surface area contributed by atoms with Gasteiger partial charge in [0.05, 0.1) is 56.9 Å². The molecule has 0 fully saturated rings. The van der Waals surface area contributed by atoms with Crippen molar-refractivity contribution in [3.05, 3.63) is 72.1 Å². The van der Waals surface area contributed by atoms with Gasteiger partial charge in [-0.1, -0.05) is 25.1 Å². The van der Waals surface area contributed by atoms with Crippen LogP contribution in [0.5, 0.6) is 0 Å². The quantitative estimate of drug-likeness (QED) is 0.299. The highest BCUT2D eigenvalue weighted by atomic mass is 32.2. The van der Waals surface area contributed by atoms with Gasteiger partial charge in [0.25, 0.3) is 0 Å². The summed E-state index contributed by atoms with van der Waals surface area (Å²) in [5, 5.41) is 3.52. The van der Waals surface area contributed by atoms with E-state index in [1.807, 2.05) is 31.2 Å². The molecule has 0 aliphatic carbocycles. The number of benzene rings is 2. The Morgan fingerprint density at radius 1 is 1.09 bits per heavy atom. The highest BCUT2D eigenvalue weighted by Gasteiger charge is 2.20. The molecule has 4 rings (SSSR count). The zero-order chi connectivity index (χ0) is 25.1. The largest absolute Gasteiger partial charge is 0.371 e. The number of pyridine rings is 2. The fourth-order valence-electron chi connectivity index (χ4n) is 4.29.